The summed E-state index contributed by atoms with van der Waals surface area (Å²) in [6.45, 7) is 4.14. The van der Waals surface area contributed by atoms with Crippen molar-refractivity contribution in [1.82, 2.24) is 10.3 Å². The minimum atomic E-state index is 0.541. The zero-order valence-electron chi connectivity index (χ0n) is 10.3. The summed E-state index contributed by atoms with van der Waals surface area (Å²) in [5, 5.41) is 12.4. The van der Waals surface area contributed by atoms with Crippen molar-refractivity contribution in [1.29, 1.82) is 5.26 Å². The van der Waals surface area contributed by atoms with Gasteiger partial charge in [0.25, 0.3) is 0 Å². The summed E-state index contributed by atoms with van der Waals surface area (Å²) < 4.78 is 0. The summed E-state index contributed by atoms with van der Waals surface area (Å²) in [6.07, 6.45) is 5.71. The first-order chi connectivity index (χ1) is 8.29. The zero-order valence-corrected chi connectivity index (χ0v) is 10.3. The van der Waals surface area contributed by atoms with Gasteiger partial charge in [-0.3, -0.25) is 0 Å². The van der Waals surface area contributed by atoms with E-state index >= 15 is 0 Å². The van der Waals surface area contributed by atoms with Gasteiger partial charge in [0.15, 0.2) is 0 Å². The maximum Gasteiger partial charge on any atom is 0.144 e. The van der Waals surface area contributed by atoms with Gasteiger partial charge in [0.1, 0.15) is 11.8 Å². The maximum absolute atomic E-state index is 8.92. The second-order valence-electron chi connectivity index (χ2n) is 5.04. The summed E-state index contributed by atoms with van der Waals surface area (Å²) in [4.78, 5) is 4.06. The van der Waals surface area contributed by atoms with Crippen molar-refractivity contribution in [2.45, 2.75) is 32.7 Å². The van der Waals surface area contributed by atoms with Crippen molar-refractivity contribution in [3.05, 3.63) is 29.6 Å². The van der Waals surface area contributed by atoms with E-state index in [0.29, 0.717) is 5.69 Å². The van der Waals surface area contributed by atoms with Gasteiger partial charge < -0.3 is 5.32 Å². The number of hydrogen-bond acceptors (Lipinski definition) is 3. The molecule has 2 atom stereocenters. The van der Waals surface area contributed by atoms with E-state index in [-0.39, 0.29) is 0 Å². The number of rotatable bonds is 4. The van der Waals surface area contributed by atoms with Gasteiger partial charge in [-0.1, -0.05) is 19.4 Å². The minimum absolute atomic E-state index is 0.541. The number of pyridine rings is 1. The summed E-state index contributed by atoms with van der Waals surface area (Å²) in [5.41, 5.74) is 1.54. The van der Waals surface area contributed by atoms with Crippen LogP contribution in [0.2, 0.25) is 0 Å². The quantitative estimate of drug-likeness (QED) is 0.863. The zero-order chi connectivity index (χ0) is 12.1. The number of nitrogens with zero attached hydrogens (tertiary/aromatic N) is 2. The predicted molar refractivity (Wildman–Crippen MR) is 67.2 cm³/mol. The molecule has 1 N–H and O–H groups in total. The largest absolute Gasteiger partial charge is 0.312 e. The second-order valence-corrected chi connectivity index (χ2v) is 5.04. The fraction of sp³-hybridized carbons (Fsp3) is 0.571. The highest BCUT2D eigenvalue weighted by molar-refractivity contribution is 5.30. The SMILES string of the molecule is CC1CCC(CNCc2cccnc2C#N)C1. The fourth-order valence-corrected chi connectivity index (χ4v) is 2.60. The average molecular weight is 229 g/mol. The van der Waals surface area contributed by atoms with Crippen LogP contribution in [0.4, 0.5) is 0 Å². The highest BCUT2D eigenvalue weighted by Gasteiger charge is 2.20. The van der Waals surface area contributed by atoms with E-state index in [1.807, 2.05) is 12.1 Å². The Hall–Kier alpha value is -1.40. The lowest BCUT2D eigenvalue weighted by Gasteiger charge is -2.11. The Morgan fingerprint density at radius 3 is 3.12 bits per heavy atom. The van der Waals surface area contributed by atoms with Gasteiger partial charge in [0.2, 0.25) is 0 Å². The molecule has 2 unspecified atom stereocenters. The number of nitriles is 1. The van der Waals surface area contributed by atoms with Crippen LogP contribution in [0, 0.1) is 23.2 Å². The molecule has 1 fully saturated rings. The van der Waals surface area contributed by atoms with Crippen LogP contribution < -0.4 is 5.32 Å². The van der Waals surface area contributed by atoms with E-state index in [4.69, 9.17) is 5.26 Å². The monoisotopic (exact) mass is 229 g/mol. The Labute approximate surface area is 103 Å². The molecule has 1 aliphatic rings. The van der Waals surface area contributed by atoms with E-state index < -0.39 is 0 Å². The first-order valence-corrected chi connectivity index (χ1v) is 6.34. The molecule has 0 amide bonds. The van der Waals surface area contributed by atoms with Crippen LogP contribution in [0.15, 0.2) is 18.3 Å². The molecule has 0 saturated heterocycles. The molecule has 1 aromatic heterocycles. The summed E-state index contributed by atoms with van der Waals surface area (Å²) >= 11 is 0. The van der Waals surface area contributed by atoms with Crippen molar-refractivity contribution < 1.29 is 0 Å². The van der Waals surface area contributed by atoms with Crippen molar-refractivity contribution in [2.75, 3.05) is 6.54 Å². The van der Waals surface area contributed by atoms with Crippen molar-refractivity contribution >= 4 is 0 Å². The third-order valence-corrected chi connectivity index (χ3v) is 3.55. The highest BCUT2D eigenvalue weighted by Crippen LogP contribution is 2.29. The van der Waals surface area contributed by atoms with Crippen molar-refractivity contribution in [2.24, 2.45) is 11.8 Å². The minimum Gasteiger partial charge on any atom is -0.312 e. The molecule has 1 aromatic rings. The fourth-order valence-electron chi connectivity index (χ4n) is 2.60. The molecular formula is C14H19N3. The van der Waals surface area contributed by atoms with E-state index in [2.05, 4.69) is 23.3 Å². The van der Waals surface area contributed by atoms with Crippen LogP contribution in [-0.2, 0) is 6.54 Å². The van der Waals surface area contributed by atoms with Crippen molar-refractivity contribution in [3.63, 3.8) is 0 Å². The number of aromatic nitrogens is 1. The lowest BCUT2D eigenvalue weighted by Crippen LogP contribution is -2.21. The molecule has 0 radical (unpaired) electrons. The van der Waals surface area contributed by atoms with Crippen LogP contribution >= 0.6 is 0 Å². The Bertz CT molecular complexity index is 408. The molecule has 1 aliphatic carbocycles. The molecule has 90 valence electrons. The lowest BCUT2D eigenvalue weighted by molar-refractivity contribution is 0.470. The molecule has 1 saturated carbocycles. The second kappa shape index (κ2) is 5.79. The normalized spacial score (nSPS) is 23.5. The van der Waals surface area contributed by atoms with Crippen molar-refractivity contribution in [3.8, 4) is 6.07 Å². The maximum atomic E-state index is 8.92. The Balaban J connectivity index is 1.80. The van der Waals surface area contributed by atoms with Gasteiger partial charge >= 0.3 is 0 Å². The van der Waals surface area contributed by atoms with Crippen LogP contribution in [-0.4, -0.2) is 11.5 Å². The molecule has 0 bridgehead atoms. The third kappa shape index (κ3) is 3.28. The first-order valence-electron chi connectivity index (χ1n) is 6.34. The average Bonchev–Trinajstić information content (AvgIpc) is 2.76. The molecule has 17 heavy (non-hydrogen) atoms. The van der Waals surface area contributed by atoms with E-state index in [9.17, 15) is 0 Å². The molecule has 0 aliphatic heterocycles. The highest BCUT2D eigenvalue weighted by atomic mass is 14.9. The number of hydrogen-bond donors (Lipinski definition) is 1. The van der Waals surface area contributed by atoms with Gasteiger partial charge in [0, 0.05) is 18.3 Å². The van der Waals surface area contributed by atoms with Gasteiger partial charge in [-0.2, -0.15) is 5.26 Å². The number of nitrogens with one attached hydrogen (secondary N) is 1. The van der Waals surface area contributed by atoms with Crippen LogP contribution in [0.5, 0.6) is 0 Å². The van der Waals surface area contributed by atoms with E-state index in [1.54, 1.807) is 6.20 Å². The molecular weight excluding hydrogens is 210 g/mol. The predicted octanol–water partition coefficient (Wildman–Crippen LogP) is 2.48. The van der Waals surface area contributed by atoms with E-state index in [1.165, 1.54) is 19.3 Å². The molecule has 3 heteroatoms. The molecule has 1 heterocycles. The Morgan fingerprint density at radius 1 is 1.53 bits per heavy atom. The molecule has 3 nitrogen and oxygen atoms in total. The Kier molecular flexibility index (Phi) is 4.11. The smallest absolute Gasteiger partial charge is 0.144 e. The summed E-state index contributed by atoms with van der Waals surface area (Å²) in [7, 11) is 0. The first kappa shape index (κ1) is 12.1. The summed E-state index contributed by atoms with van der Waals surface area (Å²) in [5.74, 6) is 1.70. The standard InChI is InChI=1S/C14H19N3/c1-11-4-5-12(7-11)9-16-10-13-3-2-6-17-14(13)8-15/h2-3,6,11-12,16H,4-5,7,9-10H2,1H3. The van der Waals surface area contributed by atoms with Gasteiger partial charge in [-0.25, -0.2) is 4.98 Å². The summed E-state index contributed by atoms with van der Waals surface area (Å²) in [6, 6.07) is 5.98. The lowest BCUT2D eigenvalue weighted by atomic mass is 10.1. The van der Waals surface area contributed by atoms with Crippen LogP contribution in [0.3, 0.4) is 0 Å². The van der Waals surface area contributed by atoms with Gasteiger partial charge in [-0.05, 0) is 37.3 Å². The van der Waals surface area contributed by atoms with Gasteiger partial charge in [0.05, 0.1) is 0 Å². The van der Waals surface area contributed by atoms with Gasteiger partial charge in [-0.15, -0.1) is 0 Å². The Morgan fingerprint density at radius 2 is 2.41 bits per heavy atom. The molecule has 0 spiro atoms. The van der Waals surface area contributed by atoms with E-state index in [0.717, 1.165) is 30.5 Å². The molecule has 2 rings (SSSR count). The molecule has 0 aromatic carbocycles. The topological polar surface area (TPSA) is 48.7 Å². The third-order valence-electron chi connectivity index (χ3n) is 3.55. The van der Waals surface area contributed by atoms with Crippen LogP contribution in [0.25, 0.3) is 0 Å². The van der Waals surface area contributed by atoms with Crippen LogP contribution in [0.1, 0.15) is 37.4 Å².